The van der Waals surface area contributed by atoms with Gasteiger partial charge < -0.3 is 4.98 Å². The molecule has 0 saturated heterocycles. The zero-order valence-corrected chi connectivity index (χ0v) is 13.7. The van der Waals surface area contributed by atoms with E-state index in [4.69, 9.17) is 0 Å². The Kier molecular flexibility index (Phi) is 4.02. The molecule has 1 aromatic carbocycles. The largest absolute Gasteiger partial charge is 0.361 e. The van der Waals surface area contributed by atoms with E-state index in [1.54, 1.807) is 0 Å². The minimum atomic E-state index is 0.189. The summed E-state index contributed by atoms with van der Waals surface area (Å²) in [4.78, 5) is 7.71. The molecule has 2 heteroatoms. The lowest BCUT2D eigenvalue weighted by Gasteiger charge is -2.42. The fourth-order valence-corrected chi connectivity index (χ4v) is 3.47. The van der Waals surface area contributed by atoms with E-state index < -0.39 is 0 Å². The van der Waals surface area contributed by atoms with Crippen LogP contribution in [0.15, 0.2) is 48.9 Å². The van der Waals surface area contributed by atoms with Crippen LogP contribution in [0.5, 0.6) is 0 Å². The zero-order chi connectivity index (χ0) is 15.6. The molecule has 2 heterocycles. The van der Waals surface area contributed by atoms with E-state index in [1.807, 2.05) is 26.2 Å². The minimum Gasteiger partial charge on any atom is -0.361 e. The van der Waals surface area contributed by atoms with Gasteiger partial charge in [-0.15, -0.1) is 0 Å². The van der Waals surface area contributed by atoms with Crippen molar-refractivity contribution < 1.29 is 0 Å². The van der Waals surface area contributed by atoms with Crippen molar-refractivity contribution in [1.29, 1.82) is 0 Å². The molecule has 22 heavy (non-hydrogen) atoms. The Hall–Kier alpha value is -2.09. The third kappa shape index (κ3) is 2.23. The van der Waals surface area contributed by atoms with Crippen molar-refractivity contribution in [2.45, 2.75) is 45.4 Å². The van der Waals surface area contributed by atoms with Crippen molar-refractivity contribution in [1.82, 2.24) is 9.97 Å². The van der Waals surface area contributed by atoms with Crippen molar-refractivity contribution in [2.75, 3.05) is 0 Å². The number of nitrogens with one attached hydrogen (secondary N) is 1. The lowest BCUT2D eigenvalue weighted by Crippen LogP contribution is -2.35. The van der Waals surface area contributed by atoms with Crippen LogP contribution in [-0.2, 0) is 5.41 Å². The molecule has 2 nitrogen and oxygen atoms in total. The van der Waals surface area contributed by atoms with E-state index in [9.17, 15) is 0 Å². The fourth-order valence-electron chi connectivity index (χ4n) is 3.47. The Balaban J connectivity index is 0.000000693. The quantitative estimate of drug-likeness (QED) is 0.676. The highest BCUT2D eigenvalue weighted by Crippen LogP contribution is 2.50. The predicted molar refractivity (Wildman–Crippen MR) is 93.3 cm³/mol. The van der Waals surface area contributed by atoms with Crippen LogP contribution in [0.3, 0.4) is 0 Å². The zero-order valence-electron chi connectivity index (χ0n) is 13.7. The third-order valence-corrected chi connectivity index (χ3v) is 4.81. The average molecular weight is 292 g/mol. The van der Waals surface area contributed by atoms with E-state index in [0.29, 0.717) is 0 Å². The number of pyridine rings is 1. The van der Waals surface area contributed by atoms with Crippen LogP contribution in [0, 0.1) is 6.92 Å². The topological polar surface area (TPSA) is 28.7 Å². The number of hydrogen-bond acceptors (Lipinski definition) is 1. The molecule has 0 aliphatic heterocycles. The molecule has 1 fully saturated rings. The fraction of sp³-hybridized carbons (Fsp3) is 0.350. The van der Waals surface area contributed by atoms with Crippen LogP contribution >= 0.6 is 0 Å². The summed E-state index contributed by atoms with van der Waals surface area (Å²) in [6.45, 7) is 6.15. The molecule has 1 aliphatic carbocycles. The smallest absolute Gasteiger partial charge is 0.0488 e. The van der Waals surface area contributed by atoms with Gasteiger partial charge in [-0.3, -0.25) is 4.98 Å². The van der Waals surface area contributed by atoms with Crippen LogP contribution in [-0.4, -0.2) is 9.97 Å². The Morgan fingerprint density at radius 3 is 2.41 bits per heavy atom. The summed E-state index contributed by atoms with van der Waals surface area (Å²) < 4.78 is 0. The maximum absolute atomic E-state index is 4.31. The molecular weight excluding hydrogens is 268 g/mol. The summed E-state index contributed by atoms with van der Waals surface area (Å²) in [6, 6.07) is 11.1. The van der Waals surface area contributed by atoms with Gasteiger partial charge in [-0.05, 0) is 37.0 Å². The van der Waals surface area contributed by atoms with Gasteiger partial charge in [-0.2, -0.15) is 0 Å². The second kappa shape index (κ2) is 5.96. The van der Waals surface area contributed by atoms with E-state index in [-0.39, 0.29) is 5.41 Å². The van der Waals surface area contributed by atoms with E-state index in [1.165, 1.54) is 46.9 Å². The van der Waals surface area contributed by atoms with Crippen LogP contribution < -0.4 is 0 Å². The Bertz CT molecular complexity index is 749. The summed E-state index contributed by atoms with van der Waals surface area (Å²) >= 11 is 0. The normalized spacial score (nSPS) is 15.8. The van der Waals surface area contributed by atoms with Crippen LogP contribution in [0.25, 0.3) is 10.9 Å². The summed E-state index contributed by atoms with van der Waals surface area (Å²) in [5.41, 5.74) is 5.56. The molecular formula is C20H24N2. The van der Waals surface area contributed by atoms with E-state index in [0.717, 1.165) is 0 Å². The van der Waals surface area contributed by atoms with Gasteiger partial charge in [0.1, 0.15) is 0 Å². The highest BCUT2D eigenvalue weighted by atomic mass is 14.7. The van der Waals surface area contributed by atoms with E-state index in [2.05, 4.69) is 53.4 Å². The Morgan fingerprint density at radius 2 is 1.77 bits per heavy atom. The first-order valence-corrected chi connectivity index (χ1v) is 8.28. The van der Waals surface area contributed by atoms with Gasteiger partial charge in [0, 0.05) is 34.9 Å². The monoisotopic (exact) mass is 292 g/mol. The van der Waals surface area contributed by atoms with Gasteiger partial charge in [0.2, 0.25) is 0 Å². The molecule has 0 spiro atoms. The molecule has 0 amide bonds. The molecule has 4 rings (SSSR count). The number of benzene rings is 1. The molecule has 0 atom stereocenters. The van der Waals surface area contributed by atoms with E-state index >= 15 is 0 Å². The summed E-state index contributed by atoms with van der Waals surface area (Å²) in [5, 5.41) is 1.27. The number of rotatable bonds is 2. The standard InChI is InChI=1S/C18H18N2.C2H6/c1-13-3-5-14(6-4-13)18(8-2-9-18)16-12-20-17-7-10-19-11-15(16)17;1-2/h3-7,10-12,20H,2,8-9H2,1H3;1-2H3. The molecule has 1 saturated carbocycles. The Labute approximate surface area is 132 Å². The van der Waals surface area contributed by atoms with Crippen LogP contribution in [0.1, 0.15) is 49.8 Å². The predicted octanol–water partition coefficient (Wildman–Crippen LogP) is 5.37. The third-order valence-electron chi connectivity index (χ3n) is 4.81. The van der Waals surface area contributed by atoms with Gasteiger partial charge >= 0.3 is 0 Å². The highest BCUT2D eigenvalue weighted by molar-refractivity contribution is 5.84. The van der Waals surface area contributed by atoms with Crippen molar-refractivity contribution >= 4 is 10.9 Å². The average Bonchev–Trinajstić information content (AvgIpc) is 2.95. The first-order chi connectivity index (χ1) is 10.8. The van der Waals surface area contributed by atoms with Gasteiger partial charge in [0.15, 0.2) is 0 Å². The van der Waals surface area contributed by atoms with Crippen LogP contribution in [0.2, 0.25) is 0 Å². The first kappa shape index (κ1) is 14.8. The lowest BCUT2D eigenvalue weighted by atomic mass is 9.60. The molecule has 0 unspecified atom stereocenters. The van der Waals surface area contributed by atoms with Gasteiger partial charge in [-0.25, -0.2) is 0 Å². The molecule has 1 N–H and O–H groups in total. The number of nitrogens with zero attached hydrogens (tertiary/aromatic N) is 1. The number of aryl methyl sites for hydroxylation is 1. The minimum absolute atomic E-state index is 0.189. The second-order valence-electron chi connectivity index (χ2n) is 5.93. The number of aromatic nitrogens is 2. The lowest BCUT2D eigenvalue weighted by molar-refractivity contribution is 0.304. The summed E-state index contributed by atoms with van der Waals surface area (Å²) in [5.74, 6) is 0. The highest BCUT2D eigenvalue weighted by Gasteiger charge is 2.41. The SMILES string of the molecule is CC.Cc1ccc(C2(c3c[nH]c4ccncc34)CCC2)cc1. The summed E-state index contributed by atoms with van der Waals surface area (Å²) in [7, 11) is 0. The van der Waals surface area contributed by atoms with Gasteiger partial charge in [-0.1, -0.05) is 50.1 Å². The maximum Gasteiger partial charge on any atom is 0.0488 e. The molecule has 0 bridgehead atoms. The number of hydrogen-bond donors (Lipinski definition) is 1. The molecule has 3 aromatic rings. The van der Waals surface area contributed by atoms with Crippen LogP contribution in [0.4, 0.5) is 0 Å². The maximum atomic E-state index is 4.31. The first-order valence-electron chi connectivity index (χ1n) is 8.28. The van der Waals surface area contributed by atoms with Crippen molar-refractivity contribution in [3.63, 3.8) is 0 Å². The summed E-state index contributed by atoms with van der Waals surface area (Å²) in [6.07, 6.45) is 9.80. The molecule has 114 valence electrons. The number of fused-ring (bicyclic) bond motifs is 1. The number of aromatic amines is 1. The molecule has 1 aliphatic rings. The van der Waals surface area contributed by atoms with Crippen molar-refractivity contribution in [3.05, 3.63) is 65.6 Å². The van der Waals surface area contributed by atoms with Crippen molar-refractivity contribution in [2.24, 2.45) is 0 Å². The van der Waals surface area contributed by atoms with Gasteiger partial charge in [0.05, 0.1) is 0 Å². The second-order valence-corrected chi connectivity index (χ2v) is 5.93. The molecule has 2 aromatic heterocycles. The Morgan fingerprint density at radius 1 is 1.05 bits per heavy atom. The van der Waals surface area contributed by atoms with Gasteiger partial charge in [0.25, 0.3) is 0 Å². The molecule has 0 radical (unpaired) electrons. The number of H-pyrrole nitrogens is 1. The van der Waals surface area contributed by atoms with Crippen molar-refractivity contribution in [3.8, 4) is 0 Å².